The van der Waals surface area contributed by atoms with Gasteiger partial charge in [0.05, 0.1) is 17.9 Å². The first kappa shape index (κ1) is 25.8. The molecule has 0 unspecified atom stereocenters. The lowest BCUT2D eigenvalue weighted by atomic mass is 10.1. The Balaban J connectivity index is 1.49. The van der Waals surface area contributed by atoms with E-state index in [1.54, 1.807) is 20.1 Å². The zero-order valence-electron chi connectivity index (χ0n) is 20.8. The van der Waals surface area contributed by atoms with Crippen LogP contribution in [-0.4, -0.2) is 42.3 Å². The number of carboxylic acid groups (broad SMARTS) is 1. The number of carboxylic acids is 1. The van der Waals surface area contributed by atoms with E-state index in [1.165, 1.54) is 28.7 Å². The average molecular weight is 524 g/mol. The van der Waals surface area contributed by atoms with Gasteiger partial charge in [-0.05, 0) is 44.9 Å². The standard InChI is InChI=1S/C26H29N5O3S2/c1-5-18-12-27-24(28-13-18)31(11-10-20-16-35-25(30-20)36-26(3,4)23(32)33)14-21-15-34-22(29-21)19-8-6-17(2)7-9-19/h6-9,12-13,15-16H,5,10-11,14H2,1-4H3,(H,32,33). The fourth-order valence-corrected chi connectivity index (χ4v) is 5.53. The van der Waals surface area contributed by atoms with Gasteiger partial charge in [0.2, 0.25) is 11.8 Å². The van der Waals surface area contributed by atoms with Crippen LogP contribution in [0.5, 0.6) is 0 Å². The summed E-state index contributed by atoms with van der Waals surface area (Å²) in [5.74, 6) is 0.332. The van der Waals surface area contributed by atoms with E-state index in [0.717, 1.165) is 33.3 Å². The van der Waals surface area contributed by atoms with Gasteiger partial charge in [-0.1, -0.05) is 36.4 Å². The number of thiazole rings is 1. The summed E-state index contributed by atoms with van der Waals surface area (Å²) in [7, 11) is 0. The lowest BCUT2D eigenvalue weighted by Crippen LogP contribution is -2.27. The number of rotatable bonds is 11. The Hall–Kier alpha value is -3.24. The molecule has 0 aliphatic rings. The van der Waals surface area contributed by atoms with E-state index < -0.39 is 10.7 Å². The molecule has 3 heterocycles. The molecule has 0 fully saturated rings. The first-order valence-electron chi connectivity index (χ1n) is 11.7. The number of hydrogen-bond acceptors (Lipinski definition) is 9. The first-order valence-corrected chi connectivity index (χ1v) is 13.4. The molecule has 0 aliphatic carbocycles. The SMILES string of the molecule is CCc1cnc(N(CCc2csc(SC(C)(C)C(=O)O)n2)Cc2coc(-c3ccc(C)cc3)n2)nc1. The predicted octanol–water partition coefficient (Wildman–Crippen LogP) is 5.66. The second kappa shape index (κ2) is 11.2. The van der Waals surface area contributed by atoms with Crippen LogP contribution >= 0.6 is 23.1 Å². The van der Waals surface area contributed by atoms with Crippen LogP contribution < -0.4 is 4.90 Å². The van der Waals surface area contributed by atoms with Crippen molar-refractivity contribution in [2.75, 3.05) is 11.4 Å². The number of carbonyl (C=O) groups is 1. The normalized spacial score (nSPS) is 11.6. The molecular weight excluding hydrogens is 494 g/mol. The van der Waals surface area contributed by atoms with Crippen LogP contribution in [0.3, 0.4) is 0 Å². The lowest BCUT2D eigenvalue weighted by molar-refractivity contribution is -0.138. The molecule has 1 aromatic carbocycles. The number of thioether (sulfide) groups is 1. The van der Waals surface area contributed by atoms with Gasteiger partial charge in [0, 0.05) is 36.3 Å². The summed E-state index contributed by atoms with van der Waals surface area (Å²) in [6.07, 6.45) is 6.90. The molecule has 0 aliphatic heterocycles. The molecule has 4 rings (SSSR count). The molecule has 0 atom stereocenters. The van der Waals surface area contributed by atoms with Gasteiger partial charge in [-0.2, -0.15) is 0 Å². The third-order valence-electron chi connectivity index (χ3n) is 5.61. The number of aryl methyl sites for hydroxylation is 2. The molecule has 4 aromatic rings. The fourth-order valence-electron chi connectivity index (χ4n) is 3.31. The van der Waals surface area contributed by atoms with Crippen molar-refractivity contribution in [2.45, 2.75) is 56.2 Å². The van der Waals surface area contributed by atoms with Gasteiger partial charge in [-0.15, -0.1) is 11.3 Å². The molecular formula is C26H29N5O3S2. The maximum atomic E-state index is 11.5. The minimum atomic E-state index is -0.932. The number of anilines is 1. The molecule has 0 saturated carbocycles. The number of oxazole rings is 1. The minimum absolute atomic E-state index is 0.485. The Kier molecular flexibility index (Phi) is 8.05. The predicted molar refractivity (Wildman–Crippen MR) is 143 cm³/mol. The number of aliphatic carboxylic acids is 1. The number of hydrogen-bond donors (Lipinski definition) is 1. The van der Waals surface area contributed by atoms with E-state index in [0.29, 0.717) is 31.3 Å². The van der Waals surface area contributed by atoms with Crippen molar-refractivity contribution in [1.29, 1.82) is 0 Å². The molecule has 0 radical (unpaired) electrons. The first-order chi connectivity index (χ1) is 17.2. The van der Waals surface area contributed by atoms with Gasteiger partial charge in [-0.25, -0.2) is 19.9 Å². The Morgan fingerprint density at radius 1 is 1.14 bits per heavy atom. The van der Waals surface area contributed by atoms with Gasteiger partial charge < -0.3 is 14.4 Å². The number of benzene rings is 1. The van der Waals surface area contributed by atoms with E-state index in [4.69, 9.17) is 4.42 Å². The molecule has 10 heteroatoms. The summed E-state index contributed by atoms with van der Waals surface area (Å²) in [6.45, 7) is 8.59. The highest BCUT2D eigenvalue weighted by molar-refractivity contribution is 8.03. The van der Waals surface area contributed by atoms with Gasteiger partial charge in [0.15, 0.2) is 4.34 Å². The van der Waals surface area contributed by atoms with E-state index in [2.05, 4.69) is 31.8 Å². The average Bonchev–Trinajstić information content (AvgIpc) is 3.51. The molecule has 8 nitrogen and oxygen atoms in total. The molecule has 1 N–H and O–H groups in total. The molecule has 3 aromatic heterocycles. The van der Waals surface area contributed by atoms with Gasteiger partial charge in [0.1, 0.15) is 11.0 Å². The van der Waals surface area contributed by atoms with Crippen molar-refractivity contribution < 1.29 is 14.3 Å². The lowest BCUT2D eigenvalue weighted by Gasteiger charge is -2.21. The smallest absolute Gasteiger partial charge is 0.319 e. The van der Waals surface area contributed by atoms with E-state index >= 15 is 0 Å². The summed E-state index contributed by atoms with van der Waals surface area (Å²) >= 11 is 2.72. The zero-order chi connectivity index (χ0) is 25.7. The van der Waals surface area contributed by atoms with Gasteiger partial charge >= 0.3 is 5.97 Å². The van der Waals surface area contributed by atoms with Crippen molar-refractivity contribution >= 4 is 35.0 Å². The highest BCUT2D eigenvalue weighted by Gasteiger charge is 2.29. The van der Waals surface area contributed by atoms with E-state index in [-0.39, 0.29) is 0 Å². The second-order valence-electron chi connectivity index (χ2n) is 8.95. The van der Waals surface area contributed by atoms with Crippen molar-refractivity contribution in [3.63, 3.8) is 0 Å². The minimum Gasteiger partial charge on any atom is -0.480 e. The molecule has 0 bridgehead atoms. The fraction of sp³-hybridized carbons (Fsp3) is 0.346. The zero-order valence-corrected chi connectivity index (χ0v) is 22.4. The summed E-state index contributed by atoms with van der Waals surface area (Å²) in [4.78, 5) is 32.0. The summed E-state index contributed by atoms with van der Waals surface area (Å²) in [5.41, 5.74) is 4.87. The number of nitrogens with zero attached hydrogens (tertiary/aromatic N) is 5. The van der Waals surface area contributed by atoms with E-state index in [1.807, 2.05) is 49.0 Å². The van der Waals surface area contributed by atoms with Crippen molar-refractivity contribution in [1.82, 2.24) is 19.9 Å². The topological polar surface area (TPSA) is 105 Å². The Bertz CT molecular complexity index is 1300. The van der Waals surface area contributed by atoms with Crippen LogP contribution in [0.25, 0.3) is 11.5 Å². The largest absolute Gasteiger partial charge is 0.480 e. The summed E-state index contributed by atoms with van der Waals surface area (Å²) in [5, 5.41) is 11.4. The van der Waals surface area contributed by atoms with Crippen LogP contribution in [0.15, 0.2) is 57.1 Å². The van der Waals surface area contributed by atoms with Gasteiger partial charge in [-0.3, -0.25) is 4.79 Å². The van der Waals surface area contributed by atoms with Crippen molar-refractivity contribution in [2.24, 2.45) is 0 Å². The molecule has 0 amide bonds. The molecule has 36 heavy (non-hydrogen) atoms. The maximum Gasteiger partial charge on any atom is 0.319 e. The number of aromatic nitrogens is 4. The summed E-state index contributed by atoms with van der Waals surface area (Å²) in [6, 6.07) is 8.07. The third-order valence-corrected chi connectivity index (χ3v) is 7.78. The third kappa shape index (κ3) is 6.50. The highest BCUT2D eigenvalue weighted by atomic mass is 32.2. The van der Waals surface area contributed by atoms with Crippen LogP contribution in [0.2, 0.25) is 0 Å². The van der Waals surface area contributed by atoms with Crippen LogP contribution in [-0.2, 0) is 24.2 Å². The highest BCUT2D eigenvalue weighted by Crippen LogP contribution is 2.34. The second-order valence-corrected chi connectivity index (χ2v) is 11.7. The summed E-state index contributed by atoms with van der Waals surface area (Å²) < 4.78 is 5.57. The van der Waals surface area contributed by atoms with Crippen LogP contribution in [0, 0.1) is 6.92 Å². The van der Waals surface area contributed by atoms with Crippen LogP contribution in [0.4, 0.5) is 5.95 Å². The Morgan fingerprint density at radius 2 is 1.86 bits per heavy atom. The molecule has 0 saturated heterocycles. The monoisotopic (exact) mass is 523 g/mol. The van der Waals surface area contributed by atoms with Gasteiger partial charge in [0.25, 0.3) is 0 Å². The Morgan fingerprint density at radius 3 is 2.53 bits per heavy atom. The maximum absolute atomic E-state index is 11.5. The van der Waals surface area contributed by atoms with E-state index in [9.17, 15) is 9.90 Å². The molecule has 0 spiro atoms. The molecule has 188 valence electrons. The van der Waals surface area contributed by atoms with Crippen molar-refractivity contribution in [3.8, 4) is 11.5 Å². The van der Waals surface area contributed by atoms with Crippen LogP contribution in [0.1, 0.15) is 43.3 Å². The quantitative estimate of drug-likeness (QED) is 0.249. The van der Waals surface area contributed by atoms with Crippen molar-refractivity contribution in [3.05, 3.63) is 70.8 Å². The Labute approximate surface area is 218 Å².